The molecule has 1 aromatic heterocycles. The van der Waals surface area contributed by atoms with E-state index >= 15 is 0 Å². The van der Waals surface area contributed by atoms with E-state index in [0.717, 1.165) is 31.9 Å². The molecule has 0 spiro atoms. The Hall–Kier alpha value is -2.45. The molecule has 8 nitrogen and oxygen atoms in total. The molecule has 0 saturated carbocycles. The van der Waals surface area contributed by atoms with E-state index in [1.807, 2.05) is 30.3 Å². The van der Waals surface area contributed by atoms with E-state index in [1.54, 1.807) is 0 Å². The van der Waals surface area contributed by atoms with Gasteiger partial charge < -0.3 is 24.6 Å². The summed E-state index contributed by atoms with van der Waals surface area (Å²) in [5, 5.41) is 3.31. The van der Waals surface area contributed by atoms with Crippen LogP contribution in [0.4, 0.5) is 23.5 Å². The van der Waals surface area contributed by atoms with E-state index in [9.17, 15) is 0 Å². The number of nitrogens with one attached hydrogen (secondary N) is 1. The molecule has 1 aromatic carbocycles. The number of aromatic nitrogens is 3. The van der Waals surface area contributed by atoms with E-state index in [4.69, 9.17) is 19.4 Å². The fourth-order valence-electron chi connectivity index (χ4n) is 3.45. The molecule has 4 rings (SSSR count). The van der Waals surface area contributed by atoms with E-state index < -0.39 is 0 Å². The van der Waals surface area contributed by atoms with E-state index in [1.165, 1.54) is 0 Å². The largest absolute Gasteiger partial charge is 0.378 e. The lowest BCUT2D eigenvalue weighted by Crippen LogP contribution is -2.46. The van der Waals surface area contributed by atoms with Crippen molar-refractivity contribution in [3.63, 3.8) is 0 Å². The Kier molecular flexibility index (Phi) is 5.35. The van der Waals surface area contributed by atoms with Crippen LogP contribution in [-0.2, 0) is 9.47 Å². The van der Waals surface area contributed by atoms with Crippen LogP contribution in [-0.4, -0.2) is 66.6 Å². The van der Waals surface area contributed by atoms with Gasteiger partial charge in [0.25, 0.3) is 0 Å². The van der Waals surface area contributed by atoms with Crippen LogP contribution in [0, 0.1) is 0 Å². The number of para-hydroxylation sites is 1. The van der Waals surface area contributed by atoms with Gasteiger partial charge in [-0.2, -0.15) is 15.0 Å². The van der Waals surface area contributed by atoms with Gasteiger partial charge in [0.1, 0.15) is 0 Å². The molecule has 0 amide bonds. The highest BCUT2D eigenvalue weighted by Crippen LogP contribution is 2.23. The Labute approximate surface area is 159 Å². The van der Waals surface area contributed by atoms with Crippen LogP contribution < -0.4 is 15.1 Å². The van der Waals surface area contributed by atoms with Crippen molar-refractivity contribution in [3.05, 3.63) is 30.3 Å². The van der Waals surface area contributed by atoms with Gasteiger partial charge in [-0.15, -0.1) is 0 Å². The van der Waals surface area contributed by atoms with E-state index in [2.05, 4.69) is 33.9 Å². The lowest BCUT2D eigenvalue weighted by atomic mass is 10.2. The maximum atomic E-state index is 5.85. The number of anilines is 4. The van der Waals surface area contributed by atoms with E-state index in [-0.39, 0.29) is 12.2 Å². The van der Waals surface area contributed by atoms with Gasteiger partial charge in [0, 0.05) is 31.9 Å². The van der Waals surface area contributed by atoms with Gasteiger partial charge in [-0.05, 0) is 26.0 Å². The van der Waals surface area contributed by atoms with Crippen molar-refractivity contribution in [2.45, 2.75) is 26.1 Å². The number of hydrogen-bond acceptors (Lipinski definition) is 8. The molecule has 0 aliphatic carbocycles. The summed E-state index contributed by atoms with van der Waals surface area (Å²) < 4.78 is 11.3. The summed E-state index contributed by atoms with van der Waals surface area (Å²) in [5.41, 5.74) is 0.950. The molecule has 0 bridgehead atoms. The summed E-state index contributed by atoms with van der Waals surface area (Å²) in [6.45, 7) is 8.63. The van der Waals surface area contributed by atoms with Crippen LogP contribution in [0.25, 0.3) is 0 Å². The smallest absolute Gasteiger partial charge is 0.233 e. The van der Waals surface area contributed by atoms with Gasteiger partial charge in [0.05, 0.1) is 25.4 Å². The molecule has 0 radical (unpaired) electrons. The summed E-state index contributed by atoms with van der Waals surface area (Å²) in [4.78, 5) is 18.5. The standard InChI is InChI=1S/C19H26N6O2/c1-14-12-25(13-15(2)27-14)19-22-17(20-16-6-4-3-5-7-16)21-18(23-19)24-8-10-26-11-9-24/h3-7,14-15H,8-13H2,1-2H3,(H,20,21,22,23). The van der Waals surface area contributed by atoms with Crippen molar-refractivity contribution in [1.82, 2.24) is 15.0 Å². The van der Waals surface area contributed by atoms with Crippen LogP contribution in [0.3, 0.4) is 0 Å². The van der Waals surface area contributed by atoms with Crippen LogP contribution in [0.2, 0.25) is 0 Å². The fourth-order valence-corrected chi connectivity index (χ4v) is 3.45. The minimum atomic E-state index is 0.142. The Balaban J connectivity index is 1.65. The van der Waals surface area contributed by atoms with E-state index in [0.29, 0.717) is 31.1 Å². The van der Waals surface area contributed by atoms with Gasteiger partial charge in [-0.3, -0.25) is 0 Å². The maximum Gasteiger partial charge on any atom is 0.233 e. The summed E-state index contributed by atoms with van der Waals surface area (Å²) >= 11 is 0. The zero-order valence-electron chi connectivity index (χ0n) is 15.8. The van der Waals surface area contributed by atoms with Crippen LogP contribution >= 0.6 is 0 Å². The Morgan fingerprint density at radius 3 is 2.19 bits per heavy atom. The lowest BCUT2D eigenvalue weighted by molar-refractivity contribution is -0.00572. The first-order valence-electron chi connectivity index (χ1n) is 9.48. The normalized spacial score (nSPS) is 23.3. The van der Waals surface area contributed by atoms with Crippen molar-refractivity contribution >= 4 is 23.5 Å². The summed E-state index contributed by atoms with van der Waals surface area (Å²) in [6, 6.07) is 9.95. The van der Waals surface area contributed by atoms with Crippen LogP contribution in [0.5, 0.6) is 0 Å². The average molecular weight is 370 g/mol. The molecular formula is C19H26N6O2. The summed E-state index contributed by atoms with van der Waals surface area (Å²) in [6.07, 6.45) is 0.283. The van der Waals surface area contributed by atoms with Crippen molar-refractivity contribution in [3.8, 4) is 0 Å². The van der Waals surface area contributed by atoms with Crippen molar-refractivity contribution in [1.29, 1.82) is 0 Å². The molecule has 8 heteroatoms. The third kappa shape index (κ3) is 4.45. The predicted molar refractivity (Wildman–Crippen MR) is 105 cm³/mol. The first-order valence-corrected chi connectivity index (χ1v) is 9.48. The van der Waals surface area contributed by atoms with Gasteiger partial charge in [-0.1, -0.05) is 18.2 Å². The average Bonchev–Trinajstić information content (AvgIpc) is 2.68. The number of hydrogen-bond donors (Lipinski definition) is 1. The zero-order valence-corrected chi connectivity index (χ0v) is 15.8. The van der Waals surface area contributed by atoms with Crippen molar-refractivity contribution < 1.29 is 9.47 Å². The highest BCUT2D eigenvalue weighted by molar-refractivity contribution is 5.56. The summed E-state index contributed by atoms with van der Waals surface area (Å²) in [5.74, 6) is 1.93. The summed E-state index contributed by atoms with van der Waals surface area (Å²) in [7, 11) is 0. The highest BCUT2D eigenvalue weighted by Gasteiger charge is 2.26. The molecule has 2 aliphatic heterocycles. The molecule has 3 heterocycles. The molecule has 144 valence electrons. The van der Waals surface area contributed by atoms with Crippen molar-refractivity contribution in [2.24, 2.45) is 0 Å². The number of ether oxygens (including phenoxy) is 2. The molecule has 2 unspecified atom stereocenters. The highest BCUT2D eigenvalue weighted by atomic mass is 16.5. The quantitative estimate of drug-likeness (QED) is 0.877. The maximum absolute atomic E-state index is 5.85. The first kappa shape index (κ1) is 17.9. The van der Waals surface area contributed by atoms with Crippen molar-refractivity contribution in [2.75, 3.05) is 54.5 Å². The Morgan fingerprint density at radius 1 is 0.889 bits per heavy atom. The lowest BCUT2D eigenvalue weighted by Gasteiger charge is -2.36. The zero-order chi connectivity index (χ0) is 18.6. The van der Waals surface area contributed by atoms with Crippen LogP contribution in [0.1, 0.15) is 13.8 Å². The SMILES string of the molecule is CC1CN(c2nc(Nc3ccccc3)nc(N3CCOCC3)n2)CC(C)O1. The third-order valence-corrected chi connectivity index (χ3v) is 4.64. The second-order valence-electron chi connectivity index (χ2n) is 7.01. The second-order valence-corrected chi connectivity index (χ2v) is 7.01. The first-order chi connectivity index (χ1) is 13.2. The molecule has 2 aliphatic rings. The number of nitrogens with zero attached hydrogens (tertiary/aromatic N) is 5. The molecule has 2 aromatic rings. The van der Waals surface area contributed by atoms with Gasteiger partial charge >= 0.3 is 0 Å². The molecule has 2 saturated heterocycles. The predicted octanol–water partition coefficient (Wildman–Crippen LogP) is 2.07. The fraction of sp³-hybridized carbons (Fsp3) is 0.526. The van der Waals surface area contributed by atoms with Gasteiger partial charge in [0.2, 0.25) is 17.8 Å². The van der Waals surface area contributed by atoms with Crippen LogP contribution in [0.15, 0.2) is 30.3 Å². The Morgan fingerprint density at radius 2 is 1.52 bits per heavy atom. The topological polar surface area (TPSA) is 75.6 Å². The second kappa shape index (κ2) is 8.06. The minimum absolute atomic E-state index is 0.142. The number of benzene rings is 1. The molecular weight excluding hydrogens is 344 g/mol. The Bertz CT molecular complexity index is 743. The monoisotopic (exact) mass is 370 g/mol. The van der Waals surface area contributed by atoms with Gasteiger partial charge in [-0.25, -0.2) is 0 Å². The minimum Gasteiger partial charge on any atom is -0.378 e. The van der Waals surface area contributed by atoms with Gasteiger partial charge in [0.15, 0.2) is 0 Å². The molecule has 2 fully saturated rings. The number of morpholine rings is 2. The molecule has 1 N–H and O–H groups in total. The molecule has 27 heavy (non-hydrogen) atoms. The molecule has 2 atom stereocenters. The third-order valence-electron chi connectivity index (χ3n) is 4.64. The number of rotatable bonds is 4.